The maximum absolute atomic E-state index is 13.4. The first-order chi connectivity index (χ1) is 20.7. The number of carboxylic acid groups (broad SMARTS) is 1. The standard InChI is InChI=1S/C34H49N3O6/c1-5-43-30-19-29(42-4)14-13-26(30)20-36(3)22-31(38)37-15-9-12-25(21-37)27-16-23(2)17-28(18-27)33(39)35-32(34(40)41)24-10-7-6-8-11-24/h13-14,16,18-19,23-25,32H,5-12,15,17,20-22H2,1-4H3,(H,35,39)(H,40,41)/t23?,25?,32-/m0/s1. The van der Waals surface area contributed by atoms with Crippen LogP contribution in [0.15, 0.2) is 41.5 Å². The number of benzene rings is 1. The van der Waals surface area contributed by atoms with Gasteiger partial charge >= 0.3 is 5.97 Å². The van der Waals surface area contributed by atoms with Crippen LogP contribution in [0.3, 0.4) is 0 Å². The second-order valence-electron chi connectivity index (χ2n) is 12.5. The molecule has 2 unspecified atom stereocenters. The van der Waals surface area contributed by atoms with Crippen LogP contribution >= 0.6 is 0 Å². The summed E-state index contributed by atoms with van der Waals surface area (Å²) in [5.41, 5.74) is 2.72. The van der Waals surface area contributed by atoms with E-state index in [9.17, 15) is 19.5 Å². The minimum atomic E-state index is -0.951. The molecular weight excluding hydrogens is 546 g/mol. The van der Waals surface area contributed by atoms with Gasteiger partial charge in [0.25, 0.3) is 0 Å². The predicted molar refractivity (Wildman–Crippen MR) is 166 cm³/mol. The number of allylic oxidation sites excluding steroid dienone is 2. The van der Waals surface area contributed by atoms with E-state index >= 15 is 0 Å². The number of rotatable bonds is 12. The number of hydrogen-bond donors (Lipinski definition) is 2. The summed E-state index contributed by atoms with van der Waals surface area (Å²) < 4.78 is 11.1. The highest BCUT2D eigenvalue weighted by Crippen LogP contribution is 2.33. The Morgan fingerprint density at radius 2 is 1.91 bits per heavy atom. The summed E-state index contributed by atoms with van der Waals surface area (Å²) in [6.07, 6.45) is 11.4. The summed E-state index contributed by atoms with van der Waals surface area (Å²) in [5, 5.41) is 12.7. The van der Waals surface area contributed by atoms with Gasteiger partial charge in [-0.15, -0.1) is 0 Å². The quantitative estimate of drug-likeness (QED) is 0.357. The molecule has 0 radical (unpaired) electrons. The number of aliphatic carboxylic acids is 1. The molecule has 0 bridgehead atoms. The second-order valence-corrected chi connectivity index (χ2v) is 12.5. The Morgan fingerprint density at radius 1 is 1.14 bits per heavy atom. The fourth-order valence-corrected chi connectivity index (χ4v) is 6.77. The number of likely N-dealkylation sites (tertiary alicyclic amines) is 1. The lowest BCUT2D eigenvalue weighted by atomic mass is 9.81. The molecule has 1 heterocycles. The monoisotopic (exact) mass is 595 g/mol. The highest BCUT2D eigenvalue weighted by atomic mass is 16.5. The van der Waals surface area contributed by atoms with Gasteiger partial charge in [0.1, 0.15) is 17.5 Å². The number of ether oxygens (including phenoxy) is 2. The number of carboxylic acids is 1. The van der Waals surface area contributed by atoms with Gasteiger partial charge in [-0.1, -0.05) is 44.4 Å². The van der Waals surface area contributed by atoms with Crippen LogP contribution in [0.5, 0.6) is 11.5 Å². The van der Waals surface area contributed by atoms with Gasteiger partial charge < -0.3 is 24.8 Å². The fraction of sp³-hybridized carbons (Fsp3) is 0.618. The molecule has 2 fully saturated rings. The molecule has 0 spiro atoms. The third-order valence-corrected chi connectivity index (χ3v) is 8.99. The van der Waals surface area contributed by atoms with Crippen molar-refractivity contribution in [2.45, 2.75) is 77.8 Å². The van der Waals surface area contributed by atoms with Crippen molar-refractivity contribution in [3.63, 3.8) is 0 Å². The van der Waals surface area contributed by atoms with Gasteiger partial charge in [0.2, 0.25) is 11.8 Å². The molecule has 43 heavy (non-hydrogen) atoms. The maximum atomic E-state index is 13.4. The molecule has 1 aromatic carbocycles. The van der Waals surface area contributed by atoms with Crippen molar-refractivity contribution in [1.82, 2.24) is 15.1 Å². The predicted octanol–water partition coefficient (Wildman–Crippen LogP) is 4.81. The van der Waals surface area contributed by atoms with Crippen LogP contribution in [0.25, 0.3) is 0 Å². The molecule has 236 valence electrons. The molecule has 3 aliphatic rings. The molecule has 1 aliphatic heterocycles. The van der Waals surface area contributed by atoms with Gasteiger partial charge in [0.05, 0.1) is 20.3 Å². The highest BCUT2D eigenvalue weighted by Gasteiger charge is 2.33. The van der Waals surface area contributed by atoms with Gasteiger partial charge in [-0.3, -0.25) is 14.5 Å². The number of nitrogens with one attached hydrogen (secondary N) is 1. The highest BCUT2D eigenvalue weighted by molar-refractivity contribution is 5.96. The van der Waals surface area contributed by atoms with Crippen molar-refractivity contribution in [2.24, 2.45) is 17.8 Å². The molecule has 2 amide bonds. The average molecular weight is 596 g/mol. The van der Waals surface area contributed by atoms with Crippen LogP contribution in [0.2, 0.25) is 0 Å². The Hall–Kier alpha value is -3.33. The molecule has 0 aromatic heterocycles. The SMILES string of the molecule is CCOc1cc(OC)ccc1CN(C)CC(=O)N1CCCC(C2=CC(C)CC(C(=O)N[C@H](C(=O)O)C3CCCCC3)=C2)C1. The Bertz CT molecular complexity index is 1200. The molecule has 1 saturated carbocycles. The number of piperidine rings is 1. The zero-order valence-corrected chi connectivity index (χ0v) is 26.3. The minimum absolute atomic E-state index is 0.0154. The van der Waals surface area contributed by atoms with Gasteiger partial charge in [-0.2, -0.15) is 0 Å². The van der Waals surface area contributed by atoms with Crippen LogP contribution in [0.4, 0.5) is 0 Å². The fourth-order valence-electron chi connectivity index (χ4n) is 6.77. The molecular formula is C34H49N3O6. The van der Waals surface area contributed by atoms with Crippen LogP contribution < -0.4 is 14.8 Å². The van der Waals surface area contributed by atoms with E-state index in [2.05, 4.69) is 18.3 Å². The number of nitrogens with zero attached hydrogens (tertiary/aromatic N) is 2. The summed E-state index contributed by atoms with van der Waals surface area (Å²) in [7, 11) is 3.57. The lowest BCUT2D eigenvalue weighted by Gasteiger charge is -2.36. The van der Waals surface area contributed by atoms with E-state index in [0.717, 1.165) is 74.1 Å². The second kappa shape index (κ2) is 15.4. The first-order valence-electron chi connectivity index (χ1n) is 15.9. The lowest BCUT2D eigenvalue weighted by molar-refractivity contribution is -0.143. The number of amides is 2. The first kappa shape index (κ1) is 32.6. The summed E-state index contributed by atoms with van der Waals surface area (Å²) in [6.45, 7) is 6.78. The maximum Gasteiger partial charge on any atom is 0.326 e. The largest absolute Gasteiger partial charge is 0.497 e. The first-order valence-corrected chi connectivity index (χ1v) is 15.9. The van der Waals surface area contributed by atoms with Gasteiger partial charge in [0.15, 0.2) is 0 Å². The minimum Gasteiger partial charge on any atom is -0.497 e. The zero-order chi connectivity index (χ0) is 30.9. The number of carbonyl (C=O) groups is 3. The molecule has 9 nitrogen and oxygen atoms in total. The third kappa shape index (κ3) is 8.85. The number of hydrogen-bond acceptors (Lipinski definition) is 6. The summed E-state index contributed by atoms with van der Waals surface area (Å²) in [5.74, 6) is 0.655. The Morgan fingerprint density at radius 3 is 2.60 bits per heavy atom. The van der Waals surface area contributed by atoms with E-state index in [4.69, 9.17) is 9.47 Å². The van der Waals surface area contributed by atoms with Crippen molar-refractivity contribution in [2.75, 3.05) is 40.4 Å². The summed E-state index contributed by atoms with van der Waals surface area (Å²) in [4.78, 5) is 42.7. The molecule has 2 aliphatic carbocycles. The number of methoxy groups -OCH3 is 1. The van der Waals surface area contributed by atoms with Crippen LogP contribution in [-0.4, -0.2) is 79.1 Å². The van der Waals surface area contributed by atoms with E-state index in [1.54, 1.807) is 7.11 Å². The molecule has 9 heteroatoms. The van der Waals surface area contributed by atoms with Crippen LogP contribution in [0, 0.1) is 17.8 Å². The summed E-state index contributed by atoms with van der Waals surface area (Å²) in [6, 6.07) is 4.91. The van der Waals surface area contributed by atoms with Crippen LogP contribution in [0.1, 0.15) is 70.8 Å². The Kier molecular flexibility index (Phi) is 11.7. The van der Waals surface area contributed by atoms with Crippen molar-refractivity contribution >= 4 is 17.8 Å². The Labute approximate surface area is 256 Å². The molecule has 1 aromatic rings. The molecule has 2 N–H and O–H groups in total. The average Bonchev–Trinajstić information content (AvgIpc) is 3.00. The van der Waals surface area contributed by atoms with Gasteiger partial charge in [-0.25, -0.2) is 4.79 Å². The number of likely N-dealkylation sites (N-methyl/N-ethyl adjacent to an activating group) is 1. The van der Waals surface area contributed by atoms with Crippen molar-refractivity contribution < 1.29 is 29.0 Å². The Balaban J connectivity index is 1.37. The topological polar surface area (TPSA) is 108 Å². The molecule has 3 atom stereocenters. The lowest BCUT2D eigenvalue weighted by Crippen LogP contribution is -2.47. The van der Waals surface area contributed by atoms with E-state index in [0.29, 0.717) is 38.2 Å². The normalized spacial score (nSPS) is 21.9. The summed E-state index contributed by atoms with van der Waals surface area (Å²) >= 11 is 0. The van der Waals surface area contributed by atoms with E-state index < -0.39 is 12.0 Å². The molecule has 4 rings (SSSR count). The number of carbonyl (C=O) groups excluding carboxylic acids is 2. The molecule has 1 saturated heterocycles. The van der Waals surface area contributed by atoms with Crippen molar-refractivity contribution in [1.29, 1.82) is 0 Å². The van der Waals surface area contributed by atoms with E-state index in [1.165, 1.54) is 0 Å². The zero-order valence-electron chi connectivity index (χ0n) is 26.3. The van der Waals surface area contributed by atoms with Crippen molar-refractivity contribution in [3.8, 4) is 11.5 Å². The van der Waals surface area contributed by atoms with Crippen LogP contribution in [-0.2, 0) is 20.9 Å². The van der Waals surface area contributed by atoms with E-state index in [-0.39, 0.29) is 29.6 Å². The van der Waals surface area contributed by atoms with Crippen molar-refractivity contribution in [3.05, 3.63) is 47.1 Å². The smallest absolute Gasteiger partial charge is 0.326 e. The van der Waals surface area contributed by atoms with Gasteiger partial charge in [-0.05, 0) is 69.6 Å². The van der Waals surface area contributed by atoms with E-state index in [1.807, 2.05) is 48.0 Å². The third-order valence-electron chi connectivity index (χ3n) is 8.99. The van der Waals surface area contributed by atoms with Gasteiger partial charge in [0, 0.05) is 42.8 Å².